The number of amides is 1. The van der Waals surface area contributed by atoms with Crippen LogP contribution < -0.4 is 10.1 Å². The minimum absolute atomic E-state index is 0.0335. The molecule has 2 aromatic rings. The number of hydrogen-bond acceptors (Lipinski definition) is 2. The van der Waals surface area contributed by atoms with E-state index < -0.39 is 0 Å². The molecule has 0 radical (unpaired) electrons. The quantitative estimate of drug-likeness (QED) is 0.793. The first-order chi connectivity index (χ1) is 9.67. The number of nitrogens with one attached hydrogen (secondary N) is 2. The number of H-pyrrole nitrogens is 1. The van der Waals surface area contributed by atoms with Crippen molar-refractivity contribution in [2.75, 3.05) is 13.7 Å². The van der Waals surface area contributed by atoms with E-state index in [1.54, 1.807) is 7.11 Å². The lowest BCUT2D eigenvalue weighted by molar-refractivity contribution is 0.0948. The molecule has 4 nitrogen and oxygen atoms in total. The Morgan fingerprint density at radius 3 is 2.85 bits per heavy atom. The van der Waals surface area contributed by atoms with Crippen LogP contribution in [0.4, 0.5) is 0 Å². The van der Waals surface area contributed by atoms with Gasteiger partial charge in [0.1, 0.15) is 11.4 Å². The highest BCUT2D eigenvalue weighted by Crippen LogP contribution is 2.25. The minimum atomic E-state index is -0.0335. The van der Waals surface area contributed by atoms with Crippen LogP contribution >= 0.6 is 0 Å². The van der Waals surface area contributed by atoms with Crippen molar-refractivity contribution in [3.05, 3.63) is 29.5 Å². The zero-order valence-electron chi connectivity index (χ0n) is 12.4. The Kier molecular flexibility index (Phi) is 4.66. The maximum Gasteiger partial charge on any atom is 0.268 e. The van der Waals surface area contributed by atoms with Crippen molar-refractivity contribution in [2.45, 2.75) is 33.1 Å². The van der Waals surface area contributed by atoms with Gasteiger partial charge in [-0.3, -0.25) is 4.79 Å². The van der Waals surface area contributed by atoms with E-state index in [2.05, 4.69) is 17.2 Å². The van der Waals surface area contributed by atoms with Gasteiger partial charge < -0.3 is 15.0 Å². The number of fused-ring (bicyclic) bond motifs is 1. The van der Waals surface area contributed by atoms with Gasteiger partial charge in [0.2, 0.25) is 0 Å². The van der Waals surface area contributed by atoms with Crippen LogP contribution in [0.15, 0.2) is 18.2 Å². The normalized spacial score (nSPS) is 10.8. The number of aryl methyl sites for hydroxylation is 1. The van der Waals surface area contributed by atoms with Crippen molar-refractivity contribution < 1.29 is 9.53 Å². The lowest BCUT2D eigenvalue weighted by Crippen LogP contribution is -2.25. The number of hydrogen-bond donors (Lipinski definition) is 2. The summed E-state index contributed by atoms with van der Waals surface area (Å²) in [5.41, 5.74) is 2.57. The first-order valence-corrected chi connectivity index (χ1v) is 7.12. The Hall–Kier alpha value is -1.97. The number of carbonyl (C=O) groups is 1. The number of rotatable bonds is 6. The van der Waals surface area contributed by atoms with Crippen LogP contribution in [0.5, 0.6) is 5.75 Å². The number of methoxy groups -OCH3 is 1. The molecule has 0 atom stereocenters. The predicted octanol–water partition coefficient (Wildman–Crippen LogP) is 3.40. The summed E-state index contributed by atoms with van der Waals surface area (Å²) < 4.78 is 5.22. The van der Waals surface area contributed by atoms with Crippen LogP contribution in [0.25, 0.3) is 10.9 Å². The highest BCUT2D eigenvalue weighted by molar-refractivity contribution is 6.01. The molecule has 1 aromatic heterocycles. The molecular formula is C16H22N2O2. The number of ether oxygens (including phenoxy) is 1. The van der Waals surface area contributed by atoms with E-state index in [0.717, 1.165) is 48.0 Å². The third kappa shape index (κ3) is 2.95. The Bertz CT molecular complexity index is 602. The highest BCUT2D eigenvalue weighted by atomic mass is 16.5. The lowest BCUT2D eigenvalue weighted by Gasteiger charge is -2.03. The molecule has 0 spiro atoms. The van der Waals surface area contributed by atoms with E-state index in [9.17, 15) is 4.79 Å². The molecule has 0 fully saturated rings. The van der Waals surface area contributed by atoms with Gasteiger partial charge in [0.15, 0.2) is 0 Å². The molecule has 0 aliphatic heterocycles. The van der Waals surface area contributed by atoms with E-state index in [1.165, 1.54) is 0 Å². The number of carbonyl (C=O) groups excluding carboxylic acids is 1. The maximum atomic E-state index is 12.2. The molecule has 0 saturated carbocycles. The fourth-order valence-electron chi connectivity index (χ4n) is 2.33. The molecule has 1 amide bonds. The summed E-state index contributed by atoms with van der Waals surface area (Å²) >= 11 is 0. The fourth-order valence-corrected chi connectivity index (χ4v) is 2.33. The minimum Gasteiger partial charge on any atom is -0.497 e. The highest BCUT2D eigenvalue weighted by Gasteiger charge is 2.14. The predicted molar refractivity (Wildman–Crippen MR) is 81.4 cm³/mol. The Labute approximate surface area is 119 Å². The summed E-state index contributed by atoms with van der Waals surface area (Å²) in [7, 11) is 1.64. The molecule has 0 saturated heterocycles. The molecule has 20 heavy (non-hydrogen) atoms. The largest absolute Gasteiger partial charge is 0.497 e. The second-order valence-corrected chi connectivity index (χ2v) is 5.00. The average Bonchev–Trinajstić information content (AvgIpc) is 2.80. The Morgan fingerprint density at radius 2 is 2.15 bits per heavy atom. The van der Waals surface area contributed by atoms with Gasteiger partial charge in [-0.25, -0.2) is 0 Å². The molecule has 0 unspecified atom stereocenters. The molecule has 2 rings (SSSR count). The summed E-state index contributed by atoms with van der Waals surface area (Å²) in [4.78, 5) is 15.4. The monoisotopic (exact) mass is 274 g/mol. The smallest absolute Gasteiger partial charge is 0.268 e. The lowest BCUT2D eigenvalue weighted by atomic mass is 10.1. The van der Waals surface area contributed by atoms with Gasteiger partial charge in [-0.2, -0.15) is 0 Å². The van der Waals surface area contributed by atoms with Gasteiger partial charge in [-0.15, -0.1) is 0 Å². The third-order valence-electron chi connectivity index (χ3n) is 3.56. The van der Waals surface area contributed by atoms with Crippen LogP contribution in [0.3, 0.4) is 0 Å². The van der Waals surface area contributed by atoms with Gasteiger partial charge in [0, 0.05) is 17.4 Å². The van der Waals surface area contributed by atoms with E-state index in [1.807, 2.05) is 25.1 Å². The summed E-state index contributed by atoms with van der Waals surface area (Å²) in [5.74, 6) is 0.767. The first-order valence-electron chi connectivity index (χ1n) is 7.12. The van der Waals surface area contributed by atoms with E-state index in [-0.39, 0.29) is 5.91 Å². The van der Waals surface area contributed by atoms with Crippen molar-refractivity contribution in [3.8, 4) is 5.75 Å². The molecule has 0 bridgehead atoms. The van der Waals surface area contributed by atoms with Crippen LogP contribution in [-0.4, -0.2) is 24.5 Å². The molecule has 0 aliphatic rings. The Morgan fingerprint density at radius 1 is 1.35 bits per heavy atom. The fraction of sp³-hybridized carbons (Fsp3) is 0.438. The van der Waals surface area contributed by atoms with E-state index in [0.29, 0.717) is 5.69 Å². The third-order valence-corrected chi connectivity index (χ3v) is 3.56. The van der Waals surface area contributed by atoms with Crippen molar-refractivity contribution >= 4 is 16.8 Å². The zero-order chi connectivity index (χ0) is 14.5. The SMILES string of the molecule is CCCCCNC(=O)c1[nH]c2ccc(OC)cc2c1C. The molecule has 0 aliphatic carbocycles. The number of aromatic nitrogens is 1. The van der Waals surface area contributed by atoms with E-state index >= 15 is 0 Å². The molecule has 1 heterocycles. The van der Waals surface area contributed by atoms with E-state index in [4.69, 9.17) is 4.74 Å². The van der Waals surface area contributed by atoms with Gasteiger partial charge in [-0.05, 0) is 37.1 Å². The molecule has 108 valence electrons. The second-order valence-electron chi connectivity index (χ2n) is 5.00. The molecule has 2 N–H and O–H groups in total. The molecule has 4 heteroatoms. The Balaban J connectivity index is 2.17. The standard InChI is InChI=1S/C16H22N2O2/c1-4-5-6-9-17-16(19)15-11(2)13-10-12(20-3)7-8-14(13)18-15/h7-8,10,18H,4-6,9H2,1-3H3,(H,17,19). The van der Waals surface area contributed by atoms with Crippen molar-refractivity contribution in [2.24, 2.45) is 0 Å². The van der Waals surface area contributed by atoms with Crippen molar-refractivity contribution in [1.29, 1.82) is 0 Å². The van der Waals surface area contributed by atoms with Crippen LogP contribution in [0.2, 0.25) is 0 Å². The van der Waals surface area contributed by atoms with Gasteiger partial charge in [0.05, 0.1) is 7.11 Å². The number of unbranched alkanes of at least 4 members (excludes halogenated alkanes) is 2. The van der Waals surface area contributed by atoms with Crippen molar-refractivity contribution in [3.63, 3.8) is 0 Å². The van der Waals surface area contributed by atoms with Gasteiger partial charge >= 0.3 is 0 Å². The summed E-state index contributed by atoms with van der Waals surface area (Å²) in [6, 6.07) is 5.78. The zero-order valence-corrected chi connectivity index (χ0v) is 12.4. The summed E-state index contributed by atoms with van der Waals surface area (Å²) in [5, 5.41) is 3.99. The van der Waals surface area contributed by atoms with Crippen LogP contribution in [0.1, 0.15) is 42.2 Å². The summed E-state index contributed by atoms with van der Waals surface area (Å²) in [6.45, 7) is 4.83. The van der Waals surface area contributed by atoms with Crippen molar-refractivity contribution in [1.82, 2.24) is 10.3 Å². The maximum absolute atomic E-state index is 12.2. The second kappa shape index (κ2) is 6.46. The average molecular weight is 274 g/mol. The molecule has 1 aromatic carbocycles. The van der Waals surface area contributed by atoms with Gasteiger partial charge in [0.25, 0.3) is 5.91 Å². The van der Waals surface area contributed by atoms with Gasteiger partial charge in [-0.1, -0.05) is 19.8 Å². The topological polar surface area (TPSA) is 54.1 Å². The van der Waals surface area contributed by atoms with Crippen LogP contribution in [-0.2, 0) is 0 Å². The summed E-state index contributed by atoms with van der Waals surface area (Å²) in [6.07, 6.45) is 3.32. The first kappa shape index (κ1) is 14.4. The number of aromatic amines is 1. The number of benzene rings is 1. The molecular weight excluding hydrogens is 252 g/mol. The van der Waals surface area contributed by atoms with Crippen LogP contribution in [0, 0.1) is 6.92 Å².